The highest BCUT2D eigenvalue weighted by atomic mass is 19.1. The molecule has 0 bridgehead atoms. The SMILES string of the molecule is CCOC1=CC=C(F)CC=C1. The highest BCUT2D eigenvalue weighted by Gasteiger charge is 1.96. The molecule has 2 heteroatoms. The molecule has 1 aliphatic rings. The number of rotatable bonds is 2. The Morgan fingerprint density at radius 2 is 2.36 bits per heavy atom. The topological polar surface area (TPSA) is 9.23 Å². The van der Waals surface area contributed by atoms with Gasteiger partial charge in [0.2, 0.25) is 0 Å². The van der Waals surface area contributed by atoms with Gasteiger partial charge < -0.3 is 4.74 Å². The van der Waals surface area contributed by atoms with Crippen molar-refractivity contribution in [3.63, 3.8) is 0 Å². The van der Waals surface area contributed by atoms with E-state index in [2.05, 4.69) is 0 Å². The zero-order chi connectivity index (χ0) is 8.10. The summed E-state index contributed by atoms with van der Waals surface area (Å²) in [5.74, 6) is 0.594. The summed E-state index contributed by atoms with van der Waals surface area (Å²) >= 11 is 0. The van der Waals surface area contributed by atoms with Crippen LogP contribution in [-0.4, -0.2) is 6.61 Å². The first-order valence-corrected chi connectivity index (χ1v) is 3.68. The van der Waals surface area contributed by atoms with Gasteiger partial charge in [0.05, 0.1) is 6.61 Å². The fourth-order valence-corrected chi connectivity index (χ4v) is 0.847. The van der Waals surface area contributed by atoms with Crippen molar-refractivity contribution in [1.82, 2.24) is 0 Å². The molecule has 60 valence electrons. The van der Waals surface area contributed by atoms with Gasteiger partial charge in [0.1, 0.15) is 11.6 Å². The van der Waals surface area contributed by atoms with Crippen LogP contribution in [0, 0.1) is 0 Å². The molecule has 0 fully saturated rings. The molecule has 0 spiro atoms. The van der Waals surface area contributed by atoms with E-state index in [0.29, 0.717) is 13.0 Å². The van der Waals surface area contributed by atoms with Gasteiger partial charge in [-0.1, -0.05) is 6.08 Å². The summed E-state index contributed by atoms with van der Waals surface area (Å²) in [5, 5.41) is 0. The molecule has 0 radical (unpaired) electrons. The van der Waals surface area contributed by atoms with Gasteiger partial charge in [-0.05, 0) is 25.2 Å². The van der Waals surface area contributed by atoms with E-state index in [1.807, 2.05) is 6.92 Å². The van der Waals surface area contributed by atoms with E-state index < -0.39 is 0 Å². The molecule has 0 unspecified atom stereocenters. The van der Waals surface area contributed by atoms with Gasteiger partial charge in [-0.2, -0.15) is 0 Å². The molecule has 0 N–H and O–H groups in total. The van der Waals surface area contributed by atoms with E-state index in [0.717, 1.165) is 5.76 Å². The Hall–Kier alpha value is -1.05. The summed E-state index contributed by atoms with van der Waals surface area (Å²) in [6.07, 6.45) is 6.98. The summed E-state index contributed by atoms with van der Waals surface area (Å²) in [6, 6.07) is 0. The Bertz CT molecular complexity index is 214. The lowest BCUT2D eigenvalue weighted by atomic mass is 10.3. The summed E-state index contributed by atoms with van der Waals surface area (Å²) in [6.45, 7) is 2.52. The lowest BCUT2D eigenvalue weighted by Crippen LogP contribution is -1.86. The van der Waals surface area contributed by atoms with Crippen molar-refractivity contribution in [3.05, 3.63) is 35.9 Å². The first-order chi connectivity index (χ1) is 5.33. The summed E-state index contributed by atoms with van der Waals surface area (Å²) in [7, 11) is 0. The van der Waals surface area contributed by atoms with Gasteiger partial charge >= 0.3 is 0 Å². The van der Waals surface area contributed by atoms with Crippen LogP contribution in [0.3, 0.4) is 0 Å². The third-order valence-corrected chi connectivity index (χ3v) is 1.33. The van der Waals surface area contributed by atoms with Crippen LogP contribution in [-0.2, 0) is 4.74 Å². The quantitative estimate of drug-likeness (QED) is 0.594. The van der Waals surface area contributed by atoms with Crippen LogP contribution in [0.15, 0.2) is 35.9 Å². The molecule has 0 aromatic rings. The van der Waals surface area contributed by atoms with Crippen molar-refractivity contribution in [2.75, 3.05) is 6.61 Å². The zero-order valence-corrected chi connectivity index (χ0v) is 6.51. The Labute approximate surface area is 65.9 Å². The molecule has 0 amide bonds. The molecule has 11 heavy (non-hydrogen) atoms. The minimum Gasteiger partial charge on any atom is -0.494 e. The Morgan fingerprint density at radius 1 is 1.55 bits per heavy atom. The highest BCUT2D eigenvalue weighted by Crippen LogP contribution is 2.12. The van der Waals surface area contributed by atoms with E-state index >= 15 is 0 Å². The predicted molar refractivity (Wildman–Crippen MR) is 42.7 cm³/mol. The summed E-state index contributed by atoms with van der Waals surface area (Å²) < 4.78 is 17.7. The smallest absolute Gasteiger partial charge is 0.119 e. The van der Waals surface area contributed by atoms with Gasteiger partial charge in [0.15, 0.2) is 0 Å². The van der Waals surface area contributed by atoms with Gasteiger partial charge in [0, 0.05) is 6.42 Å². The number of allylic oxidation sites excluding steroid dienone is 5. The van der Waals surface area contributed by atoms with Crippen LogP contribution in [0.1, 0.15) is 13.3 Å². The fourth-order valence-electron chi connectivity index (χ4n) is 0.847. The van der Waals surface area contributed by atoms with Crippen molar-refractivity contribution in [2.45, 2.75) is 13.3 Å². The van der Waals surface area contributed by atoms with Gasteiger partial charge in [-0.3, -0.25) is 0 Å². The van der Waals surface area contributed by atoms with E-state index in [1.54, 1.807) is 18.2 Å². The maximum absolute atomic E-state index is 12.6. The molecule has 0 aromatic heterocycles. The second-order valence-corrected chi connectivity index (χ2v) is 2.22. The lowest BCUT2D eigenvalue weighted by molar-refractivity contribution is 0.242. The van der Waals surface area contributed by atoms with Gasteiger partial charge in [-0.15, -0.1) is 0 Å². The monoisotopic (exact) mass is 154 g/mol. The molecule has 1 nitrogen and oxygen atoms in total. The van der Waals surface area contributed by atoms with Crippen molar-refractivity contribution >= 4 is 0 Å². The van der Waals surface area contributed by atoms with Gasteiger partial charge in [-0.25, -0.2) is 4.39 Å². The Morgan fingerprint density at radius 3 is 3.09 bits per heavy atom. The molecular weight excluding hydrogens is 143 g/mol. The molecule has 0 aliphatic heterocycles. The Balaban J connectivity index is 2.64. The van der Waals surface area contributed by atoms with Crippen LogP contribution in [0.5, 0.6) is 0 Å². The average molecular weight is 154 g/mol. The summed E-state index contributed by atoms with van der Waals surface area (Å²) in [5.41, 5.74) is 0. The minimum atomic E-state index is -0.129. The predicted octanol–water partition coefficient (Wildman–Crippen LogP) is 2.72. The fraction of sp³-hybridized carbons (Fsp3) is 0.333. The van der Waals surface area contributed by atoms with E-state index in [9.17, 15) is 4.39 Å². The highest BCUT2D eigenvalue weighted by molar-refractivity contribution is 5.24. The van der Waals surface area contributed by atoms with E-state index in [4.69, 9.17) is 4.74 Å². The lowest BCUT2D eigenvalue weighted by Gasteiger charge is -1.99. The average Bonchev–Trinajstić information content (AvgIpc) is 2.17. The molecule has 0 saturated carbocycles. The number of hydrogen-bond acceptors (Lipinski definition) is 1. The van der Waals surface area contributed by atoms with E-state index in [-0.39, 0.29) is 5.83 Å². The largest absolute Gasteiger partial charge is 0.494 e. The van der Waals surface area contributed by atoms with Crippen molar-refractivity contribution < 1.29 is 9.13 Å². The third kappa shape index (κ3) is 2.58. The standard InChI is InChI=1S/C9H11FO/c1-2-11-9-5-3-4-8(10)6-7-9/h3,5-7H,2,4H2,1H3. The minimum absolute atomic E-state index is 0.129. The second-order valence-electron chi connectivity index (χ2n) is 2.22. The van der Waals surface area contributed by atoms with E-state index in [1.165, 1.54) is 6.08 Å². The molecule has 0 aromatic carbocycles. The Kier molecular flexibility index (Phi) is 2.90. The number of hydrogen-bond donors (Lipinski definition) is 0. The van der Waals surface area contributed by atoms with Crippen LogP contribution in [0.25, 0.3) is 0 Å². The maximum Gasteiger partial charge on any atom is 0.119 e. The molecule has 0 saturated heterocycles. The van der Waals surface area contributed by atoms with Crippen LogP contribution >= 0.6 is 0 Å². The van der Waals surface area contributed by atoms with Crippen LogP contribution in [0.2, 0.25) is 0 Å². The maximum atomic E-state index is 12.6. The van der Waals surface area contributed by atoms with Crippen molar-refractivity contribution in [3.8, 4) is 0 Å². The second kappa shape index (κ2) is 3.96. The van der Waals surface area contributed by atoms with Gasteiger partial charge in [0.25, 0.3) is 0 Å². The first kappa shape index (κ1) is 8.05. The number of ether oxygens (including phenoxy) is 1. The third-order valence-electron chi connectivity index (χ3n) is 1.33. The summed E-state index contributed by atoms with van der Waals surface area (Å²) in [4.78, 5) is 0. The molecule has 1 aliphatic carbocycles. The molecule has 1 rings (SSSR count). The molecule has 0 atom stereocenters. The first-order valence-electron chi connectivity index (χ1n) is 3.68. The zero-order valence-electron chi connectivity index (χ0n) is 6.51. The number of halogens is 1. The molecular formula is C9H11FO. The normalized spacial score (nSPS) is 16.9. The van der Waals surface area contributed by atoms with Crippen LogP contribution in [0.4, 0.5) is 4.39 Å². The van der Waals surface area contributed by atoms with Crippen molar-refractivity contribution in [1.29, 1.82) is 0 Å². The van der Waals surface area contributed by atoms with Crippen LogP contribution < -0.4 is 0 Å². The molecule has 0 heterocycles. The van der Waals surface area contributed by atoms with Crippen molar-refractivity contribution in [2.24, 2.45) is 0 Å².